The molecule has 0 spiro atoms. The van der Waals surface area contributed by atoms with Gasteiger partial charge in [-0.2, -0.15) is 11.8 Å². The Balaban J connectivity index is 0. The summed E-state index contributed by atoms with van der Waals surface area (Å²) in [7, 11) is 0. The van der Waals surface area contributed by atoms with E-state index in [0.29, 0.717) is 12.8 Å². The Morgan fingerprint density at radius 1 is 1.28 bits per heavy atom. The number of hydrogen-bond donors (Lipinski definition) is 5. The van der Waals surface area contributed by atoms with E-state index in [2.05, 4.69) is 0 Å². The minimum atomic E-state index is -0.910. The van der Waals surface area contributed by atoms with Gasteiger partial charge < -0.3 is 16.6 Å². The van der Waals surface area contributed by atoms with Crippen LogP contribution in [0, 0.1) is 0 Å². The van der Waals surface area contributed by atoms with Crippen molar-refractivity contribution in [3.05, 3.63) is 0 Å². The molecule has 108 valence electrons. The van der Waals surface area contributed by atoms with E-state index in [4.69, 9.17) is 21.8 Å². The lowest BCUT2D eigenvalue weighted by molar-refractivity contribution is -0.138. The maximum absolute atomic E-state index is 10.5. The number of carboxylic acids is 1. The van der Waals surface area contributed by atoms with Crippen LogP contribution in [0.4, 0.5) is 0 Å². The molecule has 0 heterocycles. The van der Waals surface area contributed by atoms with E-state index in [-0.39, 0.29) is 0 Å². The van der Waals surface area contributed by atoms with E-state index in [9.17, 15) is 9.59 Å². The summed E-state index contributed by atoms with van der Waals surface area (Å²) in [4.78, 5) is 20.5. The molecule has 0 aliphatic rings. The number of hydroxylamine groups is 1. The van der Waals surface area contributed by atoms with Crippen LogP contribution < -0.4 is 16.9 Å². The lowest BCUT2D eigenvalue weighted by atomic mass is 10.2. The van der Waals surface area contributed by atoms with Crippen LogP contribution in [0.1, 0.15) is 26.2 Å². The van der Waals surface area contributed by atoms with Crippen molar-refractivity contribution >= 4 is 23.6 Å². The molecule has 7 N–H and O–H groups in total. The summed E-state index contributed by atoms with van der Waals surface area (Å²) >= 11 is 1.62. The van der Waals surface area contributed by atoms with Crippen molar-refractivity contribution in [3.63, 3.8) is 0 Å². The second kappa shape index (κ2) is 12.6. The number of rotatable bonds is 7. The maximum atomic E-state index is 10.5. The normalized spacial score (nSPS) is 12.9. The zero-order valence-electron chi connectivity index (χ0n) is 10.8. The molecule has 2 atom stereocenters. The first-order chi connectivity index (χ1) is 8.40. The summed E-state index contributed by atoms with van der Waals surface area (Å²) in [5.41, 5.74) is 12.0. The van der Waals surface area contributed by atoms with Gasteiger partial charge in [-0.05, 0) is 24.9 Å². The summed E-state index contributed by atoms with van der Waals surface area (Å²) in [5.74, 6) is -0.602. The van der Waals surface area contributed by atoms with Gasteiger partial charge in [0, 0.05) is 0 Å². The van der Waals surface area contributed by atoms with Crippen molar-refractivity contribution in [2.45, 2.75) is 38.3 Å². The van der Waals surface area contributed by atoms with Crippen molar-refractivity contribution < 1.29 is 19.9 Å². The van der Waals surface area contributed by atoms with Gasteiger partial charge in [-0.25, -0.2) is 5.48 Å². The van der Waals surface area contributed by atoms with Crippen LogP contribution in [-0.2, 0) is 9.59 Å². The molecule has 0 aromatic heterocycles. The maximum Gasteiger partial charge on any atom is 0.320 e. The van der Waals surface area contributed by atoms with Gasteiger partial charge >= 0.3 is 5.97 Å². The average Bonchev–Trinajstić information content (AvgIpc) is 2.35. The third-order valence-electron chi connectivity index (χ3n) is 2.00. The van der Waals surface area contributed by atoms with Gasteiger partial charge in [-0.1, -0.05) is 13.3 Å². The van der Waals surface area contributed by atoms with Gasteiger partial charge in [-0.3, -0.25) is 14.8 Å². The topological polar surface area (TPSA) is 139 Å². The molecule has 0 saturated carbocycles. The predicted octanol–water partition coefficient (Wildman–Crippen LogP) is -0.229. The molecule has 0 aliphatic carbocycles. The SMILES string of the molecule is CCC[C@H](N)C(=O)O.CSCC[C@H](N)C(=O)NO. The zero-order valence-corrected chi connectivity index (χ0v) is 11.6. The number of carbonyl (C=O) groups excluding carboxylic acids is 1. The van der Waals surface area contributed by atoms with Crippen LogP contribution in [0.5, 0.6) is 0 Å². The second-order valence-corrected chi connectivity index (χ2v) is 4.58. The Bertz CT molecular complexity index is 241. The van der Waals surface area contributed by atoms with Gasteiger partial charge in [0.25, 0.3) is 5.91 Å². The average molecular weight is 281 g/mol. The minimum Gasteiger partial charge on any atom is -0.480 e. The van der Waals surface area contributed by atoms with Crippen molar-refractivity contribution in [1.82, 2.24) is 5.48 Å². The molecule has 8 heteroatoms. The summed E-state index contributed by atoms with van der Waals surface area (Å²) in [6.07, 6.45) is 3.92. The highest BCUT2D eigenvalue weighted by Crippen LogP contribution is 1.97. The molecule has 0 radical (unpaired) electrons. The number of nitrogens with one attached hydrogen (secondary N) is 1. The first-order valence-corrected chi connectivity index (χ1v) is 6.96. The monoisotopic (exact) mass is 281 g/mol. The van der Waals surface area contributed by atoms with Gasteiger partial charge in [0.15, 0.2) is 0 Å². The van der Waals surface area contributed by atoms with E-state index in [1.54, 1.807) is 11.8 Å². The third kappa shape index (κ3) is 11.6. The molecule has 0 aliphatic heterocycles. The van der Waals surface area contributed by atoms with Gasteiger partial charge in [0.1, 0.15) is 6.04 Å². The highest BCUT2D eigenvalue weighted by atomic mass is 32.2. The van der Waals surface area contributed by atoms with E-state index in [1.807, 2.05) is 13.2 Å². The lowest BCUT2D eigenvalue weighted by Crippen LogP contribution is -2.39. The molecular formula is C10H23N3O4S. The van der Waals surface area contributed by atoms with Crippen molar-refractivity contribution in [2.75, 3.05) is 12.0 Å². The van der Waals surface area contributed by atoms with E-state index >= 15 is 0 Å². The largest absolute Gasteiger partial charge is 0.480 e. The Morgan fingerprint density at radius 2 is 1.83 bits per heavy atom. The molecule has 0 fully saturated rings. The molecule has 7 nitrogen and oxygen atoms in total. The Kier molecular flexibility index (Phi) is 13.7. The van der Waals surface area contributed by atoms with Gasteiger partial charge in [0.05, 0.1) is 6.04 Å². The van der Waals surface area contributed by atoms with Crippen LogP contribution in [0.2, 0.25) is 0 Å². The highest BCUT2D eigenvalue weighted by molar-refractivity contribution is 7.98. The molecule has 0 rings (SSSR count). The molecule has 1 amide bonds. The number of amides is 1. The van der Waals surface area contributed by atoms with Crippen molar-refractivity contribution in [2.24, 2.45) is 11.5 Å². The number of carboxylic acid groups (broad SMARTS) is 1. The predicted molar refractivity (Wildman–Crippen MR) is 71.4 cm³/mol. The fourth-order valence-corrected chi connectivity index (χ4v) is 1.38. The summed E-state index contributed by atoms with van der Waals surface area (Å²) < 4.78 is 0. The highest BCUT2D eigenvalue weighted by Gasteiger charge is 2.10. The second-order valence-electron chi connectivity index (χ2n) is 3.60. The number of nitrogens with two attached hydrogens (primary N) is 2. The fraction of sp³-hybridized carbons (Fsp3) is 0.800. The minimum absolute atomic E-state index is 0.519. The Hall–Kier alpha value is -0.830. The zero-order chi connectivity index (χ0) is 14.6. The Morgan fingerprint density at radius 3 is 2.11 bits per heavy atom. The van der Waals surface area contributed by atoms with Crippen LogP contribution in [0.15, 0.2) is 0 Å². The number of thioether (sulfide) groups is 1. The number of hydrogen-bond acceptors (Lipinski definition) is 6. The molecule has 0 bridgehead atoms. The quantitative estimate of drug-likeness (QED) is 0.321. The first-order valence-electron chi connectivity index (χ1n) is 5.57. The van der Waals surface area contributed by atoms with Crippen LogP contribution in [0.3, 0.4) is 0 Å². The van der Waals surface area contributed by atoms with Crippen LogP contribution in [-0.4, -0.2) is 46.3 Å². The smallest absolute Gasteiger partial charge is 0.320 e. The standard InChI is InChI=1S/C5H12N2O2S.C5H11NO2/c1-10-3-2-4(6)5(8)7-9;1-2-3-4(6)5(7)8/h4,9H,2-3,6H2,1H3,(H,7,8);4H,2-3,6H2,1H3,(H,7,8)/t2*4-/m00/s1. The van der Waals surface area contributed by atoms with E-state index in [0.717, 1.165) is 12.2 Å². The molecule has 0 saturated heterocycles. The molecule has 0 aromatic carbocycles. The third-order valence-corrected chi connectivity index (χ3v) is 2.64. The van der Waals surface area contributed by atoms with Gasteiger partial charge in [0.2, 0.25) is 0 Å². The van der Waals surface area contributed by atoms with Crippen molar-refractivity contribution in [1.29, 1.82) is 0 Å². The number of carbonyl (C=O) groups is 2. The molecule has 18 heavy (non-hydrogen) atoms. The lowest BCUT2D eigenvalue weighted by Gasteiger charge is -2.06. The summed E-state index contributed by atoms with van der Waals surface area (Å²) in [5, 5.41) is 16.3. The number of aliphatic carboxylic acids is 1. The van der Waals surface area contributed by atoms with E-state index in [1.165, 1.54) is 5.48 Å². The molecule has 0 unspecified atom stereocenters. The fourth-order valence-electron chi connectivity index (χ4n) is 0.893. The molecule has 0 aromatic rings. The van der Waals surface area contributed by atoms with Crippen LogP contribution in [0.25, 0.3) is 0 Å². The first kappa shape index (κ1) is 19.5. The summed E-state index contributed by atoms with van der Waals surface area (Å²) in [6, 6.07) is -1.25. The van der Waals surface area contributed by atoms with E-state index < -0.39 is 24.0 Å². The Labute approximate surface area is 111 Å². The molecular weight excluding hydrogens is 258 g/mol. The summed E-state index contributed by atoms with van der Waals surface area (Å²) in [6.45, 7) is 1.91. The van der Waals surface area contributed by atoms with Gasteiger partial charge in [-0.15, -0.1) is 0 Å². The van der Waals surface area contributed by atoms with Crippen molar-refractivity contribution in [3.8, 4) is 0 Å². The van der Waals surface area contributed by atoms with Crippen LogP contribution >= 0.6 is 11.8 Å².